The van der Waals surface area contributed by atoms with E-state index in [1.54, 1.807) is 7.11 Å². The second kappa shape index (κ2) is 6.68. The standard InChI is InChI=1S/C20H26N2O4/c1-13-18(14(2)26-21-13)9-22-10-19(23)20(12-22)8-16(11-25-20)15-5-4-6-17(7-15)24-3/h4-7,16,19,23H,8-12H2,1-3H3/t16-,19-,20-/m1/s1. The molecule has 1 aromatic heterocycles. The number of hydrogen-bond acceptors (Lipinski definition) is 6. The zero-order valence-electron chi connectivity index (χ0n) is 15.6. The van der Waals surface area contributed by atoms with Gasteiger partial charge in [0.15, 0.2) is 0 Å². The Bertz CT molecular complexity index is 770. The smallest absolute Gasteiger partial charge is 0.138 e. The fourth-order valence-corrected chi connectivity index (χ4v) is 4.28. The number of aliphatic hydroxyl groups excluding tert-OH is 1. The molecule has 3 heterocycles. The molecule has 3 atom stereocenters. The zero-order valence-corrected chi connectivity index (χ0v) is 15.6. The Morgan fingerprint density at radius 3 is 2.96 bits per heavy atom. The second-order valence-electron chi connectivity index (χ2n) is 7.54. The highest BCUT2D eigenvalue weighted by atomic mass is 16.5. The fourth-order valence-electron chi connectivity index (χ4n) is 4.28. The Morgan fingerprint density at radius 1 is 1.38 bits per heavy atom. The quantitative estimate of drug-likeness (QED) is 0.905. The molecule has 2 saturated heterocycles. The summed E-state index contributed by atoms with van der Waals surface area (Å²) in [4.78, 5) is 2.24. The molecule has 0 unspecified atom stereocenters. The molecular formula is C20H26N2O4. The van der Waals surface area contributed by atoms with Crippen molar-refractivity contribution in [3.8, 4) is 5.75 Å². The normalized spacial score (nSPS) is 28.9. The molecule has 0 amide bonds. The number of ether oxygens (including phenoxy) is 2. The molecule has 0 bridgehead atoms. The molecule has 6 nitrogen and oxygen atoms in total. The van der Waals surface area contributed by atoms with Gasteiger partial charge < -0.3 is 19.1 Å². The molecule has 26 heavy (non-hydrogen) atoms. The molecule has 6 heteroatoms. The van der Waals surface area contributed by atoms with Crippen molar-refractivity contribution in [3.63, 3.8) is 0 Å². The van der Waals surface area contributed by atoms with Crippen molar-refractivity contribution in [2.24, 2.45) is 0 Å². The van der Waals surface area contributed by atoms with Crippen LogP contribution in [0.15, 0.2) is 28.8 Å². The molecule has 1 aromatic carbocycles. The van der Waals surface area contributed by atoms with E-state index in [1.807, 2.05) is 26.0 Å². The van der Waals surface area contributed by atoms with Crippen LogP contribution in [0, 0.1) is 13.8 Å². The SMILES string of the molecule is COc1cccc([C@H]2CO[C@]3(C2)CN(Cc2c(C)noc2C)C[C@H]3O)c1. The first-order valence-electron chi connectivity index (χ1n) is 9.11. The number of nitrogens with zero attached hydrogens (tertiary/aromatic N) is 2. The molecule has 0 saturated carbocycles. The third-order valence-corrected chi connectivity index (χ3v) is 5.82. The Labute approximate surface area is 153 Å². The van der Waals surface area contributed by atoms with Gasteiger partial charge in [0.25, 0.3) is 0 Å². The summed E-state index contributed by atoms with van der Waals surface area (Å²) in [5.41, 5.74) is 2.74. The van der Waals surface area contributed by atoms with Crippen LogP contribution in [-0.4, -0.2) is 53.7 Å². The molecule has 0 radical (unpaired) electrons. The number of aryl methyl sites for hydroxylation is 2. The van der Waals surface area contributed by atoms with Crippen LogP contribution in [0.3, 0.4) is 0 Å². The number of rotatable bonds is 4. The summed E-state index contributed by atoms with van der Waals surface area (Å²) in [7, 11) is 1.68. The van der Waals surface area contributed by atoms with E-state index in [0.29, 0.717) is 13.2 Å². The van der Waals surface area contributed by atoms with Gasteiger partial charge in [0, 0.05) is 31.1 Å². The molecule has 0 aliphatic carbocycles. The van der Waals surface area contributed by atoms with Crippen LogP contribution >= 0.6 is 0 Å². The molecule has 4 rings (SSSR count). The maximum Gasteiger partial charge on any atom is 0.138 e. The largest absolute Gasteiger partial charge is 0.497 e. The molecule has 2 aliphatic heterocycles. The Hall–Kier alpha value is -1.89. The highest BCUT2D eigenvalue weighted by Crippen LogP contribution is 2.43. The summed E-state index contributed by atoms with van der Waals surface area (Å²) in [6, 6.07) is 8.13. The van der Waals surface area contributed by atoms with Gasteiger partial charge in [-0.3, -0.25) is 4.90 Å². The first-order valence-corrected chi connectivity index (χ1v) is 9.11. The second-order valence-corrected chi connectivity index (χ2v) is 7.54. The van der Waals surface area contributed by atoms with Crippen molar-refractivity contribution in [3.05, 3.63) is 46.8 Å². The average Bonchev–Trinajstić information content (AvgIpc) is 3.30. The summed E-state index contributed by atoms with van der Waals surface area (Å²) >= 11 is 0. The van der Waals surface area contributed by atoms with Crippen molar-refractivity contribution < 1.29 is 19.1 Å². The predicted octanol–water partition coefficient (Wildman–Crippen LogP) is 2.42. The van der Waals surface area contributed by atoms with Crippen LogP contribution in [0.1, 0.15) is 34.9 Å². The molecule has 2 aromatic rings. The molecular weight excluding hydrogens is 332 g/mol. The van der Waals surface area contributed by atoms with Crippen LogP contribution in [0.2, 0.25) is 0 Å². The van der Waals surface area contributed by atoms with E-state index in [0.717, 1.165) is 42.3 Å². The Morgan fingerprint density at radius 2 is 2.23 bits per heavy atom. The summed E-state index contributed by atoms with van der Waals surface area (Å²) in [5.74, 6) is 1.98. The van der Waals surface area contributed by atoms with Crippen LogP contribution in [0.4, 0.5) is 0 Å². The van der Waals surface area contributed by atoms with Crippen LogP contribution in [0.25, 0.3) is 0 Å². The molecule has 1 N–H and O–H groups in total. The van der Waals surface area contributed by atoms with Crippen molar-refractivity contribution in [1.29, 1.82) is 0 Å². The Balaban J connectivity index is 1.47. The van der Waals surface area contributed by atoms with Gasteiger partial charge in [0.05, 0.1) is 25.5 Å². The highest BCUT2D eigenvalue weighted by Gasteiger charge is 2.52. The van der Waals surface area contributed by atoms with E-state index >= 15 is 0 Å². The summed E-state index contributed by atoms with van der Waals surface area (Å²) < 4.78 is 16.8. The minimum absolute atomic E-state index is 0.277. The van der Waals surface area contributed by atoms with Gasteiger partial charge in [-0.15, -0.1) is 0 Å². The van der Waals surface area contributed by atoms with E-state index in [9.17, 15) is 5.11 Å². The fraction of sp³-hybridized carbons (Fsp3) is 0.550. The number of β-amino-alcohol motifs (C(OH)–C–C–N with tert-alkyl or cyclic N) is 1. The van der Waals surface area contributed by atoms with Gasteiger partial charge in [0.2, 0.25) is 0 Å². The van der Waals surface area contributed by atoms with Crippen LogP contribution in [-0.2, 0) is 11.3 Å². The van der Waals surface area contributed by atoms with E-state index in [2.05, 4.69) is 22.2 Å². The molecule has 2 fully saturated rings. The number of likely N-dealkylation sites (tertiary alicyclic amines) is 1. The monoisotopic (exact) mass is 358 g/mol. The third kappa shape index (κ3) is 3.02. The lowest BCUT2D eigenvalue weighted by atomic mass is 9.87. The van der Waals surface area contributed by atoms with E-state index in [4.69, 9.17) is 14.0 Å². The lowest BCUT2D eigenvalue weighted by Crippen LogP contribution is -2.41. The zero-order chi connectivity index (χ0) is 18.3. The van der Waals surface area contributed by atoms with Crippen molar-refractivity contribution in [2.75, 3.05) is 26.8 Å². The first-order chi connectivity index (χ1) is 12.5. The molecule has 2 aliphatic rings. The van der Waals surface area contributed by atoms with Gasteiger partial charge >= 0.3 is 0 Å². The van der Waals surface area contributed by atoms with E-state index < -0.39 is 11.7 Å². The number of methoxy groups -OCH3 is 1. The minimum atomic E-state index is -0.493. The minimum Gasteiger partial charge on any atom is -0.497 e. The summed E-state index contributed by atoms with van der Waals surface area (Å²) in [5, 5.41) is 14.8. The van der Waals surface area contributed by atoms with Crippen LogP contribution < -0.4 is 4.74 Å². The van der Waals surface area contributed by atoms with Crippen molar-refractivity contribution in [2.45, 2.75) is 44.4 Å². The average molecular weight is 358 g/mol. The number of benzene rings is 1. The Kier molecular flexibility index (Phi) is 4.50. The lowest BCUT2D eigenvalue weighted by Gasteiger charge is -2.26. The van der Waals surface area contributed by atoms with Crippen LogP contribution in [0.5, 0.6) is 5.75 Å². The third-order valence-electron chi connectivity index (χ3n) is 5.82. The predicted molar refractivity (Wildman–Crippen MR) is 96.3 cm³/mol. The van der Waals surface area contributed by atoms with Gasteiger partial charge in [-0.1, -0.05) is 17.3 Å². The molecule has 140 valence electrons. The number of aromatic nitrogens is 1. The maximum absolute atomic E-state index is 10.8. The maximum atomic E-state index is 10.8. The summed E-state index contributed by atoms with van der Waals surface area (Å²) in [6.07, 6.45) is 0.331. The van der Waals surface area contributed by atoms with Crippen molar-refractivity contribution >= 4 is 0 Å². The number of hydrogen-bond donors (Lipinski definition) is 1. The van der Waals surface area contributed by atoms with Crippen molar-refractivity contribution in [1.82, 2.24) is 10.1 Å². The van der Waals surface area contributed by atoms with E-state index in [-0.39, 0.29) is 5.92 Å². The van der Waals surface area contributed by atoms with Gasteiger partial charge in [-0.2, -0.15) is 0 Å². The first kappa shape index (κ1) is 17.5. The van der Waals surface area contributed by atoms with Gasteiger partial charge in [-0.25, -0.2) is 0 Å². The topological polar surface area (TPSA) is 68.0 Å². The van der Waals surface area contributed by atoms with E-state index in [1.165, 1.54) is 5.56 Å². The number of aliphatic hydroxyl groups is 1. The molecule has 1 spiro atoms. The van der Waals surface area contributed by atoms with Gasteiger partial charge in [0.1, 0.15) is 17.1 Å². The highest BCUT2D eigenvalue weighted by molar-refractivity contribution is 5.32. The van der Waals surface area contributed by atoms with Gasteiger partial charge in [-0.05, 0) is 38.0 Å². The summed E-state index contributed by atoms with van der Waals surface area (Å²) in [6.45, 7) is 6.58. The lowest BCUT2D eigenvalue weighted by molar-refractivity contribution is -0.0594.